The van der Waals surface area contributed by atoms with Crippen LogP contribution in [0.5, 0.6) is 0 Å². The van der Waals surface area contributed by atoms with Gasteiger partial charge in [0, 0.05) is 23.8 Å². The number of likely N-dealkylation sites (N-methyl/N-ethyl adjacent to an activating group) is 1. The van der Waals surface area contributed by atoms with Gasteiger partial charge in [0.15, 0.2) is 6.10 Å². The Labute approximate surface area is 366 Å². The van der Waals surface area contributed by atoms with Gasteiger partial charge in [0.05, 0.1) is 33.9 Å². The number of hydrogen-bond acceptors (Lipinski definition) is 12. The second-order valence-corrected chi connectivity index (χ2v) is 18.5. The van der Waals surface area contributed by atoms with E-state index in [1.54, 1.807) is 12.2 Å². The van der Waals surface area contributed by atoms with E-state index in [9.17, 15) is 28.9 Å². The molecule has 0 amide bonds. The first-order valence-electron chi connectivity index (χ1n) is 21.9. The number of carboxylic acid groups (broad SMARTS) is 1. The Bertz CT molecular complexity index is 1330. The van der Waals surface area contributed by atoms with Crippen molar-refractivity contribution in [1.29, 1.82) is 0 Å². The number of carbonyl (C=O) groups excluding carboxylic acids is 2. The number of allylic oxidation sites excluding steroid dienone is 9. The lowest BCUT2D eigenvalue weighted by Crippen LogP contribution is -2.39. The number of quaternary nitrogens is 1. The van der Waals surface area contributed by atoms with Crippen LogP contribution in [0.15, 0.2) is 60.8 Å². The summed E-state index contributed by atoms with van der Waals surface area (Å²) in [5.41, 5.74) is 6.18. The minimum Gasteiger partial charge on any atom is -0.756 e. The number of phosphoric acid groups is 1. The van der Waals surface area contributed by atoms with Crippen LogP contribution in [0.3, 0.4) is 0 Å². The maximum Gasteiger partial charge on any atom is 0.323 e. The number of nitrogens with two attached hydrogens (primary N) is 1. The molecule has 0 rings (SSSR count). The second-order valence-electron chi connectivity index (χ2n) is 15.9. The number of aliphatic hydroxyl groups excluding tert-OH is 1. The highest BCUT2D eigenvalue weighted by molar-refractivity contribution is 8.00. The molecule has 0 aliphatic carbocycles. The molecule has 5 atom stereocenters. The second kappa shape index (κ2) is 37.0. The zero-order valence-corrected chi connectivity index (χ0v) is 39.0. The molecule has 15 heteroatoms. The van der Waals surface area contributed by atoms with Gasteiger partial charge < -0.3 is 43.8 Å². The summed E-state index contributed by atoms with van der Waals surface area (Å²) in [4.78, 5) is 49.3. The van der Waals surface area contributed by atoms with Gasteiger partial charge in [0.1, 0.15) is 25.8 Å². The highest BCUT2D eigenvalue weighted by Gasteiger charge is 2.25. The maximum absolute atomic E-state index is 13.0. The molecule has 0 radical (unpaired) electrons. The van der Waals surface area contributed by atoms with Crippen LogP contribution in [0, 0.1) is 0 Å². The van der Waals surface area contributed by atoms with E-state index in [1.165, 1.54) is 43.9 Å². The van der Waals surface area contributed by atoms with Crippen molar-refractivity contribution >= 4 is 37.5 Å². The monoisotopic (exact) mass is 887 g/mol. The molecule has 0 saturated carbocycles. The van der Waals surface area contributed by atoms with Crippen molar-refractivity contribution in [3.05, 3.63) is 60.8 Å². The lowest BCUT2D eigenvalue weighted by atomic mass is 10.1. The number of unbranched alkanes of at least 4 members (excludes halogenated alkanes) is 10. The molecular formula is C45H79N2O11PS. The summed E-state index contributed by atoms with van der Waals surface area (Å²) < 4.78 is 33.9. The van der Waals surface area contributed by atoms with E-state index in [0.29, 0.717) is 17.4 Å². The number of thioether (sulfide) groups is 1. The molecule has 0 aromatic carbocycles. The van der Waals surface area contributed by atoms with Crippen molar-refractivity contribution in [2.75, 3.05) is 53.3 Å². The van der Waals surface area contributed by atoms with Gasteiger partial charge in [-0.2, -0.15) is 0 Å². The van der Waals surface area contributed by atoms with Gasteiger partial charge in [-0.25, -0.2) is 0 Å². The topological polar surface area (TPSA) is 195 Å². The van der Waals surface area contributed by atoms with Crippen LogP contribution in [0.1, 0.15) is 129 Å². The van der Waals surface area contributed by atoms with Crippen molar-refractivity contribution in [2.45, 2.75) is 153 Å². The summed E-state index contributed by atoms with van der Waals surface area (Å²) in [5.74, 6) is -2.30. The molecule has 0 aromatic heterocycles. The predicted octanol–water partition coefficient (Wildman–Crippen LogP) is 8.37. The number of aliphatic carboxylic acids is 1. The van der Waals surface area contributed by atoms with E-state index in [-0.39, 0.29) is 38.0 Å². The SMILES string of the molecule is CCCC/C=C\CCCCCCCC(=O)O[C@H](COC(=O)[C@@H](N)CS[C@H](/C=C/C=C/C=C\C/C=C\CCCCC)[C@@H](O)CCCC(=O)O)COP(=O)([O-])OCC[N+](C)(C)C. The van der Waals surface area contributed by atoms with E-state index < -0.39 is 62.4 Å². The Hall–Kier alpha value is -2.55. The summed E-state index contributed by atoms with van der Waals surface area (Å²) in [6.45, 7) is 3.53. The molecule has 0 aliphatic rings. The molecule has 0 fully saturated rings. The molecular weight excluding hydrogens is 808 g/mol. The molecule has 0 saturated heterocycles. The summed E-state index contributed by atoms with van der Waals surface area (Å²) in [5, 5.41) is 19.4. The molecule has 60 heavy (non-hydrogen) atoms. The molecule has 346 valence electrons. The largest absolute Gasteiger partial charge is 0.756 e. The van der Waals surface area contributed by atoms with Crippen LogP contribution < -0.4 is 10.6 Å². The highest BCUT2D eigenvalue weighted by atomic mass is 32.2. The molecule has 1 unspecified atom stereocenters. The van der Waals surface area contributed by atoms with Crippen molar-refractivity contribution < 1.29 is 57.1 Å². The Kier molecular flexibility index (Phi) is 35.5. The Morgan fingerprint density at radius 1 is 0.783 bits per heavy atom. The van der Waals surface area contributed by atoms with E-state index in [2.05, 4.69) is 38.2 Å². The third-order valence-electron chi connectivity index (χ3n) is 9.01. The van der Waals surface area contributed by atoms with Crippen LogP contribution in [0.4, 0.5) is 0 Å². The van der Waals surface area contributed by atoms with Crippen LogP contribution in [0.25, 0.3) is 0 Å². The summed E-state index contributed by atoms with van der Waals surface area (Å²) >= 11 is 1.22. The van der Waals surface area contributed by atoms with Crippen molar-refractivity contribution in [3.8, 4) is 0 Å². The molecule has 0 bridgehead atoms. The molecule has 13 nitrogen and oxygen atoms in total. The third kappa shape index (κ3) is 37.2. The first-order valence-corrected chi connectivity index (χ1v) is 24.4. The maximum atomic E-state index is 13.0. The lowest BCUT2D eigenvalue weighted by molar-refractivity contribution is -0.870. The number of phosphoric ester groups is 1. The van der Waals surface area contributed by atoms with Crippen LogP contribution >= 0.6 is 19.6 Å². The Morgan fingerprint density at radius 2 is 1.42 bits per heavy atom. The zero-order chi connectivity index (χ0) is 44.9. The average molecular weight is 887 g/mol. The fourth-order valence-corrected chi connectivity index (χ4v) is 7.22. The first-order chi connectivity index (χ1) is 28.6. The molecule has 0 aromatic rings. The summed E-state index contributed by atoms with van der Waals surface area (Å²) in [7, 11) is 0.892. The van der Waals surface area contributed by atoms with Gasteiger partial charge in [0.25, 0.3) is 7.82 Å². The number of rotatable bonds is 39. The molecule has 0 spiro atoms. The Morgan fingerprint density at radius 3 is 2.10 bits per heavy atom. The zero-order valence-electron chi connectivity index (χ0n) is 37.3. The number of carbonyl (C=O) groups is 3. The van der Waals surface area contributed by atoms with Crippen LogP contribution in [-0.2, 0) is 37.5 Å². The van der Waals surface area contributed by atoms with E-state index in [4.69, 9.17) is 29.4 Å². The van der Waals surface area contributed by atoms with Gasteiger partial charge >= 0.3 is 17.9 Å². The number of ether oxygens (including phenoxy) is 2. The number of aliphatic hydroxyl groups is 1. The van der Waals surface area contributed by atoms with Gasteiger partial charge in [-0.05, 0) is 57.8 Å². The third-order valence-corrected chi connectivity index (χ3v) is 11.4. The quantitative estimate of drug-likeness (QED) is 0.0133. The van der Waals surface area contributed by atoms with Gasteiger partial charge in [-0.3, -0.25) is 18.9 Å². The lowest BCUT2D eigenvalue weighted by Gasteiger charge is -2.28. The summed E-state index contributed by atoms with van der Waals surface area (Å²) in [6, 6.07) is -1.14. The smallest absolute Gasteiger partial charge is 0.323 e. The van der Waals surface area contributed by atoms with E-state index in [1.807, 2.05) is 45.4 Å². The standard InChI is InChI=1S/C45H79N2O11PS/c1-6-8-10-12-14-16-18-20-21-23-25-27-31-42(41(48)30-29-32-43(49)50)60-38-40(46)45(52)55-36-39(37-57-59(53,54)56-35-34-47(3,4)5)58-44(51)33-28-26-24-22-19-17-15-13-11-9-7-2/h13-16,20-21,23,25,27,31,39-42,48H,6-12,17-19,22,24,26,28-30,32-38,46H2,1-5H3,(H-,49,50,53,54)/b15-13-,16-14-,21-20-,25-23+,31-27+/t39-,40+,41+,42-/m1/s1. The van der Waals surface area contributed by atoms with Gasteiger partial charge in [0.2, 0.25) is 0 Å². The van der Waals surface area contributed by atoms with Gasteiger partial charge in [-0.1, -0.05) is 120 Å². The minimum absolute atomic E-state index is 0.0457. The van der Waals surface area contributed by atoms with Crippen LogP contribution in [-0.4, -0.2) is 109 Å². The average Bonchev–Trinajstić information content (AvgIpc) is 3.18. The van der Waals surface area contributed by atoms with Crippen LogP contribution in [0.2, 0.25) is 0 Å². The molecule has 4 N–H and O–H groups in total. The Balaban J connectivity index is 5.33. The fraction of sp³-hybridized carbons (Fsp3) is 0.711. The van der Waals surface area contributed by atoms with E-state index >= 15 is 0 Å². The van der Waals surface area contributed by atoms with Crippen molar-refractivity contribution in [2.24, 2.45) is 5.73 Å². The first kappa shape index (κ1) is 57.4. The predicted molar refractivity (Wildman–Crippen MR) is 241 cm³/mol. The van der Waals surface area contributed by atoms with E-state index in [0.717, 1.165) is 51.4 Å². The minimum atomic E-state index is -4.76. The fourth-order valence-electron chi connectivity index (χ4n) is 5.37. The number of nitrogens with zero attached hydrogens (tertiary/aromatic N) is 1. The van der Waals surface area contributed by atoms with Crippen molar-refractivity contribution in [1.82, 2.24) is 0 Å². The molecule has 0 aliphatic heterocycles. The molecule has 0 heterocycles. The number of esters is 2. The van der Waals surface area contributed by atoms with Crippen molar-refractivity contribution in [3.63, 3.8) is 0 Å². The normalized spacial score (nSPS) is 15.6. The number of hydrogen-bond donors (Lipinski definition) is 3. The highest BCUT2D eigenvalue weighted by Crippen LogP contribution is 2.38. The van der Waals surface area contributed by atoms with Gasteiger partial charge in [-0.15, -0.1) is 11.8 Å². The number of carboxylic acids is 1. The summed E-state index contributed by atoms with van der Waals surface area (Å²) in [6.07, 6.45) is 33.0.